The number of aromatic nitrogens is 4. The molecule has 3 aromatic rings. The van der Waals surface area contributed by atoms with Gasteiger partial charge in [-0.25, -0.2) is 5.43 Å². The SMILES string of the molecule is O=C(CSn1nnnc1-c1ccccc1)N/N=C\c1cc([N+](=O)[O-])ccc1N1CCOCC1. The highest BCUT2D eigenvalue weighted by atomic mass is 32.2. The first-order chi connectivity index (χ1) is 16.1. The first kappa shape index (κ1) is 22.4. The quantitative estimate of drug-likeness (QED) is 0.297. The molecule has 0 spiro atoms. The monoisotopic (exact) mass is 468 g/mol. The van der Waals surface area contributed by atoms with E-state index in [0.29, 0.717) is 37.7 Å². The molecule has 0 aliphatic carbocycles. The molecule has 2 heterocycles. The minimum Gasteiger partial charge on any atom is -0.378 e. The average molecular weight is 468 g/mol. The summed E-state index contributed by atoms with van der Waals surface area (Å²) in [6.45, 7) is 2.47. The number of hydrogen-bond donors (Lipinski definition) is 1. The summed E-state index contributed by atoms with van der Waals surface area (Å²) in [5.41, 5.74) is 4.54. The Labute approximate surface area is 192 Å². The molecule has 1 aromatic heterocycles. The summed E-state index contributed by atoms with van der Waals surface area (Å²) >= 11 is 1.12. The molecule has 0 bridgehead atoms. The lowest BCUT2D eigenvalue weighted by Gasteiger charge is -2.29. The molecule has 0 radical (unpaired) electrons. The van der Waals surface area contributed by atoms with Crippen LogP contribution in [-0.2, 0) is 9.53 Å². The van der Waals surface area contributed by atoms with Gasteiger partial charge in [0.05, 0.1) is 30.1 Å². The minimum atomic E-state index is -0.466. The molecule has 1 fully saturated rings. The van der Waals surface area contributed by atoms with Gasteiger partial charge in [0.2, 0.25) is 0 Å². The van der Waals surface area contributed by atoms with Gasteiger partial charge in [-0.1, -0.05) is 30.3 Å². The van der Waals surface area contributed by atoms with Crippen LogP contribution in [0.3, 0.4) is 0 Å². The van der Waals surface area contributed by atoms with Crippen molar-refractivity contribution in [2.45, 2.75) is 0 Å². The number of nitrogens with one attached hydrogen (secondary N) is 1. The van der Waals surface area contributed by atoms with Gasteiger partial charge in [-0.3, -0.25) is 14.9 Å². The summed E-state index contributed by atoms with van der Waals surface area (Å²) < 4.78 is 6.84. The molecule has 12 nitrogen and oxygen atoms in total. The Kier molecular flexibility index (Phi) is 7.22. The summed E-state index contributed by atoms with van der Waals surface area (Å²) in [6, 6.07) is 14.0. The Bertz CT molecular complexity index is 1150. The number of nitro groups is 1. The van der Waals surface area contributed by atoms with E-state index in [0.717, 1.165) is 23.2 Å². The summed E-state index contributed by atoms with van der Waals surface area (Å²) in [5, 5.41) is 26.7. The Hall–Kier alpha value is -3.84. The van der Waals surface area contributed by atoms with Gasteiger partial charge in [0, 0.05) is 42.0 Å². The highest BCUT2D eigenvalue weighted by Crippen LogP contribution is 2.25. The van der Waals surface area contributed by atoms with Crippen molar-refractivity contribution in [2.24, 2.45) is 5.10 Å². The summed E-state index contributed by atoms with van der Waals surface area (Å²) in [6.07, 6.45) is 1.41. The van der Waals surface area contributed by atoms with E-state index in [1.807, 2.05) is 30.3 Å². The molecular formula is C20H20N8O4S. The van der Waals surface area contributed by atoms with E-state index in [2.05, 4.69) is 31.0 Å². The van der Waals surface area contributed by atoms with Crippen LogP contribution in [0.15, 0.2) is 53.6 Å². The number of non-ortho nitro benzene ring substituents is 1. The first-order valence-electron chi connectivity index (χ1n) is 10.0. The molecule has 4 rings (SSSR count). The predicted octanol–water partition coefficient (Wildman–Crippen LogP) is 1.73. The van der Waals surface area contributed by atoms with E-state index in [9.17, 15) is 14.9 Å². The molecule has 1 aliphatic rings. The molecule has 33 heavy (non-hydrogen) atoms. The maximum Gasteiger partial charge on any atom is 0.270 e. The lowest BCUT2D eigenvalue weighted by molar-refractivity contribution is -0.384. The van der Waals surface area contributed by atoms with Gasteiger partial charge in [0.15, 0.2) is 5.82 Å². The first-order valence-corrected chi connectivity index (χ1v) is 11.0. The van der Waals surface area contributed by atoms with Gasteiger partial charge in [0.1, 0.15) is 0 Å². The van der Waals surface area contributed by atoms with Crippen molar-refractivity contribution >= 4 is 35.4 Å². The molecule has 2 aromatic carbocycles. The Balaban J connectivity index is 1.40. The number of carbonyl (C=O) groups excluding carboxylic acids is 1. The second-order valence-electron chi connectivity index (χ2n) is 6.91. The maximum atomic E-state index is 12.3. The maximum absolute atomic E-state index is 12.3. The van der Waals surface area contributed by atoms with E-state index >= 15 is 0 Å². The van der Waals surface area contributed by atoms with E-state index in [1.165, 1.54) is 22.4 Å². The number of carbonyl (C=O) groups is 1. The second kappa shape index (κ2) is 10.7. The number of hydrogen-bond acceptors (Lipinski definition) is 10. The highest BCUT2D eigenvalue weighted by molar-refractivity contribution is 7.98. The van der Waals surface area contributed by atoms with Crippen molar-refractivity contribution in [1.82, 2.24) is 25.0 Å². The van der Waals surface area contributed by atoms with Crippen LogP contribution in [0.25, 0.3) is 11.4 Å². The number of rotatable bonds is 8. The topological polar surface area (TPSA) is 141 Å². The zero-order valence-corrected chi connectivity index (χ0v) is 18.2. The number of nitrogens with zero attached hydrogens (tertiary/aromatic N) is 7. The summed E-state index contributed by atoms with van der Waals surface area (Å²) in [7, 11) is 0. The lowest BCUT2D eigenvalue weighted by atomic mass is 10.1. The number of nitro benzene ring substituents is 1. The fourth-order valence-corrected chi connectivity index (χ4v) is 3.85. The minimum absolute atomic E-state index is 0.0213. The molecule has 0 unspecified atom stereocenters. The number of hydrazone groups is 1. The molecule has 170 valence electrons. The molecule has 0 saturated carbocycles. The molecule has 0 atom stereocenters. The van der Waals surface area contributed by atoms with Gasteiger partial charge in [-0.2, -0.15) is 9.19 Å². The van der Waals surface area contributed by atoms with Crippen LogP contribution in [0.4, 0.5) is 11.4 Å². The molecule has 13 heteroatoms. The second-order valence-corrected chi connectivity index (χ2v) is 7.80. The molecular weight excluding hydrogens is 448 g/mol. The van der Waals surface area contributed by atoms with Gasteiger partial charge < -0.3 is 9.64 Å². The van der Waals surface area contributed by atoms with Crippen LogP contribution in [0.1, 0.15) is 5.56 Å². The third-order valence-corrected chi connectivity index (χ3v) is 5.64. The van der Waals surface area contributed by atoms with E-state index in [-0.39, 0.29) is 17.3 Å². The van der Waals surface area contributed by atoms with E-state index in [1.54, 1.807) is 6.07 Å². The van der Waals surface area contributed by atoms with E-state index < -0.39 is 4.92 Å². The highest BCUT2D eigenvalue weighted by Gasteiger charge is 2.17. The van der Waals surface area contributed by atoms with Crippen molar-refractivity contribution < 1.29 is 14.5 Å². The summed E-state index contributed by atoms with van der Waals surface area (Å²) in [4.78, 5) is 25.1. The van der Waals surface area contributed by atoms with Crippen molar-refractivity contribution in [3.05, 3.63) is 64.2 Å². The van der Waals surface area contributed by atoms with Crippen LogP contribution in [-0.4, -0.2) is 68.7 Å². The number of ether oxygens (including phenoxy) is 1. The number of benzene rings is 2. The lowest BCUT2D eigenvalue weighted by Crippen LogP contribution is -2.36. The largest absolute Gasteiger partial charge is 0.378 e. The van der Waals surface area contributed by atoms with Crippen LogP contribution in [0, 0.1) is 10.1 Å². The van der Waals surface area contributed by atoms with E-state index in [4.69, 9.17) is 4.74 Å². The van der Waals surface area contributed by atoms with Crippen LogP contribution in [0.2, 0.25) is 0 Å². The number of morpholine rings is 1. The van der Waals surface area contributed by atoms with Crippen molar-refractivity contribution in [2.75, 3.05) is 37.0 Å². The van der Waals surface area contributed by atoms with Crippen molar-refractivity contribution in [1.29, 1.82) is 0 Å². The fraction of sp³-hybridized carbons (Fsp3) is 0.250. The van der Waals surface area contributed by atoms with Crippen LogP contribution < -0.4 is 10.3 Å². The van der Waals surface area contributed by atoms with Gasteiger partial charge in [0.25, 0.3) is 11.6 Å². The van der Waals surface area contributed by atoms with Crippen molar-refractivity contribution in [3.8, 4) is 11.4 Å². The van der Waals surface area contributed by atoms with Crippen LogP contribution in [0.5, 0.6) is 0 Å². The molecule has 1 N–H and O–H groups in total. The fourth-order valence-electron chi connectivity index (χ4n) is 3.20. The third kappa shape index (κ3) is 5.70. The average Bonchev–Trinajstić information content (AvgIpc) is 3.32. The van der Waals surface area contributed by atoms with Crippen LogP contribution >= 0.6 is 11.9 Å². The predicted molar refractivity (Wildman–Crippen MR) is 123 cm³/mol. The third-order valence-electron chi connectivity index (χ3n) is 4.76. The molecule has 1 aliphatic heterocycles. The smallest absolute Gasteiger partial charge is 0.270 e. The Morgan fingerprint density at radius 1 is 1.24 bits per heavy atom. The van der Waals surface area contributed by atoms with Gasteiger partial charge in [-0.15, -0.1) is 5.10 Å². The Morgan fingerprint density at radius 2 is 2.03 bits per heavy atom. The summed E-state index contributed by atoms with van der Waals surface area (Å²) in [5.74, 6) is 0.181. The number of anilines is 1. The zero-order chi connectivity index (χ0) is 23.0. The Morgan fingerprint density at radius 3 is 2.79 bits per heavy atom. The van der Waals surface area contributed by atoms with Gasteiger partial charge in [-0.05, 0) is 28.4 Å². The van der Waals surface area contributed by atoms with Gasteiger partial charge >= 0.3 is 0 Å². The normalized spacial score (nSPS) is 13.9. The number of tetrazole rings is 1. The van der Waals surface area contributed by atoms with Crippen molar-refractivity contribution in [3.63, 3.8) is 0 Å². The molecule has 1 amide bonds. The zero-order valence-electron chi connectivity index (χ0n) is 17.4. The molecule has 1 saturated heterocycles. The standard InChI is InChI=1S/C20H20N8O4S/c29-19(14-33-27-20(23-24-25-27)15-4-2-1-3-5-15)22-21-13-16-12-17(28(30)31)6-7-18(16)26-8-10-32-11-9-26/h1-7,12-13H,8-11,14H2,(H,22,29)/b21-13-. The number of amides is 1.